The molecule has 2 heteroatoms. The van der Waals surface area contributed by atoms with E-state index in [-0.39, 0.29) is 0 Å². The number of benzene rings is 2. The molecule has 0 spiro atoms. The lowest BCUT2D eigenvalue weighted by Gasteiger charge is -2.16. The van der Waals surface area contributed by atoms with E-state index in [9.17, 15) is 0 Å². The Bertz CT molecular complexity index is 528. The van der Waals surface area contributed by atoms with E-state index in [4.69, 9.17) is 11.6 Å². The minimum Gasteiger partial charge on any atom is -0.0840 e. The molecule has 0 aliphatic carbocycles. The van der Waals surface area contributed by atoms with Gasteiger partial charge in [0.2, 0.25) is 0 Å². The van der Waals surface area contributed by atoms with Gasteiger partial charge in [-0.2, -0.15) is 0 Å². The van der Waals surface area contributed by atoms with Crippen LogP contribution in [0.25, 0.3) is 0 Å². The van der Waals surface area contributed by atoms with Gasteiger partial charge in [0.05, 0.1) is 0 Å². The van der Waals surface area contributed by atoms with E-state index in [1.54, 1.807) is 0 Å². The third-order valence-corrected chi connectivity index (χ3v) is 4.36. The molecule has 0 radical (unpaired) electrons. The summed E-state index contributed by atoms with van der Waals surface area (Å²) >= 11 is 10.0. The van der Waals surface area contributed by atoms with Crippen molar-refractivity contribution in [3.63, 3.8) is 0 Å². The molecule has 0 aromatic heterocycles. The molecule has 0 aliphatic rings. The van der Waals surface area contributed by atoms with Crippen LogP contribution in [-0.2, 0) is 6.42 Å². The molecule has 2 aromatic rings. The first kappa shape index (κ1) is 13.6. The first-order valence-electron chi connectivity index (χ1n) is 6.03. The van der Waals surface area contributed by atoms with E-state index in [0.717, 1.165) is 11.4 Å². The molecule has 0 amide bonds. The van der Waals surface area contributed by atoms with Gasteiger partial charge in [0.1, 0.15) is 0 Å². The smallest absolute Gasteiger partial charge is 0.0441 e. The van der Waals surface area contributed by atoms with E-state index in [1.165, 1.54) is 22.3 Å². The highest BCUT2D eigenvalue weighted by Crippen LogP contribution is 2.33. The summed E-state index contributed by atoms with van der Waals surface area (Å²) in [7, 11) is 0. The van der Waals surface area contributed by atoms with Crippen LogP contribution in [-0.4, -0.2) is 0 Å². The zero-order valence-electron chi connectivity index (χ0n) is 10.6. The minimum atomic E-state index is 0.304. The number of halogens is 2. The Kier molecular flexibility index (Phi) is 4.47. The van der Waals surface area contributed by atoms with Crippen molar-refractivity contribution >= 4 is 27.5 Å². The predicted molar refractivity (Wildman–Crippen MR) is 82.7 cm³/mol. The van der Waals surface area contributed by atoms with Crippen LogP contribution >= 0.6 is 27.5 Å². The first-order chi connectivity index (χ1) is 8.59. The molecule has 94 valence electrons. The van der Waals surface area contributed by atoms with Crippen LogP contribution in [0.15, 0.2) is 42.5 Å². The van der Waals surface area contributed by atoms with Crippen LogP contribution in [0.1, 0.15) is 27.1 Å². The molecule has 0 saturated carbocycles. The quantitative estimate of drug-likeness (QED) is 0.642. The average Bonchev–Trinajstić information content (AvgIpc) is 2.32. The van der Waals surface area contributed by atoms with Crippen molar-refractivity contribution in [2.45, 2.75) is 25.1 Å². The standard InChI is InChI=1S/C16H16BrCl/c1-11-6-5-7-12(2)16(11)14(17)10-13-8-3-4-9-15(13)18/h3-9,14H,10H2,1-2H3. The first-order valence-corrected chi connectivity index (χ1v) is 7.32. The summed E-state index contributed by atoms with van der Waals surface area (Å²) in [6.07, 6.45) is 0.908. The summed E-state index contributed by atoms with van der Waals surface area (Å²) in [5.41, 5.74) is 5.20. The van der Waals surface area contributed by atoms with Gasteiger partial charge in [-0.1, -0.05) is 63.9 Å². The fourth-order valence-corrected chi connectivity index (χ4v) is 3.56. The van der Waals surface area contributed by atoms with Gasteiger partial charge in [0.15, 0.2) is 0 Å². The summed E-state index contributed by atoms with van der Waals surface area (Å²) in [5, 5.41) is 0.841. The van der Waals surface area contributed by atoms with Crippen LogP contribution in [0, 0.1) is 13.8 Å². The predicted octanol–water partition coefficient (Wildman–Crippen LogP) is 5.64. The van der Waals surface area contributed by atoms with Crippen molar-refractivity contribution in [3.05, 3.63) is 69.7 Å². The zero-order chi connectivity index (χ0) is 13.1. The Morgan fingerprint density at radius 2 is 1.61 bits per heavy atom. The summed E-state index contributed by atoms with van der Waals surface area (Å²) in [5.74, 6) is 0. The van der Waals surface area contributed by atoms with Crippen LogP contribution in [0.5, 0.6) is 0 Å². The second-order valence-corrected chi connectivity index (χ2v) is 6.08. The van der Waals surface area contributed by atoms with E-state index in [2.05, 4.69) is 54.0 Å². The van der Waals surface area contributed by atoms with Crippen molar-refractivity contribution in [1.29, 1.82) is 0 Å². The number of hydrogen-bond donors (Lipinski definition) is 0. The molecule has 0 fully saturated rings. The molecule has 0 nitrogen and oxygen atoms in total. The summed E-state index contributed by atoms with van der Waals surface area (Å²) in [4.78, 5) is 0.304. The zero-order valence-corrected chi connectivity index (χ0v) is 12.9. The molecule has 0 N–H and O–H groups in total. The molecule has 0 heterocycles. The van der Waals surface area contributed by atoms with Crippen molar-refractivity contribution < 1.29 is 0 Å². The summed E-state index contributed by atoms with van der Waals surface area (Å²) in [6.45, 7) is 4.31. The van der Waals surface area contributed by atoms with E-state index < -0.39 is 0 Å². The SMILES string of the molecule is Cc1cccc(C)c1C(Br)Cc1ccccc1Cl. The van der Waals surface area contributed by atoms with Crippen molar-refractivity contribution in [2.75, 3.05) is 0 Å². The topological polar surface area (TPSA) is 0 Å². The minimum absolute atomic E-state index is 0.304. The molecule has 18 heavy (non-hydrogen) atoms. The Hall–Kier alpha value is -0.790. The molecule has 0 aliphatic heterocycles. The van der Waals surface area contributed by atoms with E-state index >= 15 is 0 Å². The largest absolute Gasteiger partial charge is 0.0840 e. The maximum Gasteiger partial charge on any atom is 0.0441 e. The van der Waals surface area contributed by atoms with E-state index in [0.29, 0.717) is 4.83 Å². The second kappa shape index (κ2) is 5.90. The van der Waals surface area contributed by atoms with Crippen molar-refractivity contribution in [3.8, 4) is 0 Å². The molecule has 1 atom stereocenters. The lowest BCUT2D eigenvalue weighted by Crippen LogP contribution is -2.01. The molecular weight excluding hydrogens is 308 g/mol. The Labute approximate surface area is 122 Å². The van der Waals surface area contributed by atoms with Gasteiger partial charge >= 0.3 is 0 Å². The van der Waals surface area contributed by atoms with Gasteiger partial charge in [-0.15, -0.1) is 0 Å². The molecule has 0 bridgehead atoms. The van der Waals surface area contributed by atoms with Gasteiger partial charge < -0.3 is 0 Å². The highest BCUT2D eigenvalue weighted by Gasteiger charge is 2.14. The lowest BCUT2D eigenvalue weighted by molar-refractivity contribution is 0.927. The number of alkyl halides is 1. The van der Waals surface area contributed by atoms with Gasteiger partial charge in [-0.05, 0) is 48.6 Å². The Morgan fingerprint density at radius 1 is 1.00 bits per heavy atom. The molecule has 1 unspecified atom stereocenters. The number of aryl methyl sites for hydroxylation is 2. The van der Waals surface area contributed by atoms with E-state index in [1.807, 2.05) is 18.2 Å². The number of rotatable bonds is 3. The van der Waals surface area contributed by atoms with Crippen molar-refractivity contribution in [2.24, 2.45) is 0 Å². The summed E-state index contributed by atoms with van der Waals surface area (Å²) < 4.78 is 0. The molecular formula is C16H16BrCl. The van der Waals surface area contributed by atoms with Gasteiger partial charge in [-0.3, -0.25) is 0 Å². The van der Waals surface area contributed by atoms with Crippen LogP contribution < -0.4 is 0 Å². The summed E-state index contributed by atoms with van der Waals surface area (Å²) in [6, 6.07) is 14.4. The van der Waals surface area contributed by atoms with Gasteiger partial charge in [0.25, 0.3) is 0 Å². The lowest BCUT2D eigenvalue weighted by atomic mass is 9.96. The third kappa shape index (κ3) is 2.96. The Morgan fingerprint density at radius 3 is 2.22 bits per heavy atom. The van der Waals surface area contributed by atoms with Gasteiger partial charge in [-0.25, -0.2) is 0 Å². The van der Waals surface area contributed by atoms with Crippen molar-refractivity contribution in [1.82, 2.24) is 0 Å². The van der Waals surface area contributed by atoms with Crippen LogP contribution in [0.3, 0.4) is 0 Å². The molecule has 0 saturated heterocycles. The normalized spacial score (nSPS) is 12.4. The van der Waals surface area contributed by atoms with Crippen LogP contribution in [0.2, 0.25) is 5.02 Å². The molecule has 2 aromatic carbocycles. The average molecular weight is 324 g/mol. The monoisotopic (exact) mass is 322 g/mol. The third-order valence-electron chi connectivity index (χ3n) is 3.21. The fourth-order valence-electron chi connectivity index (χ4n) is 2.28. The fraction of sp³-hybridized carbons (Fsp3) is 0.250. The second-order valence-electron chi connectivity index (χ2n) is 4.57. The number of hydrogen-bond acceptors (Lipinski definition) is 0. The Balaban J connectivity index is 2.28. The van der Waals surface area contributed by atoms with Gasteiger partial charge in [0, 0.05) is 9.85 Å². The van der Waals surface area contributed by atoms with Crippen LogP contribution in [0.4, 0.5) is 0 Å². The molecule has 2 rings (SSSR count). The highest BCUT2D eigenvalue weighted by atomic mass is 79.9. The maximum atomic E-state index is 6.21. The maximum absolute atomic E-state index is 6.21. The highest BCUT2D eigenvalue weighted by molar-refractivity contribution is 9.09.